The van der Waals surface area contributed by atoms with Crippen LogP contribution in [0.3, 0.4) is 0 Å². The molecule has 0 radical (unpaired) electrons. The molecule has 7 heteroatoms. The average molecular weight is 438 g/mol. The van der Waals surface area contributed by atoms with Crippen molar-refractivity contribution >= 4 is 29.2 Å². The molecule has 3 aromatic carbocycles. The smallest absolute Gasteiger partial charge is 0.330 e. The monoisotopic (exact) mass is 437 g/mol. The zero-order valence-corrected chi connectivity index (χ0v) is 17.6. The van der Waals surface area contributed by atoms with Gasteiger partial charge in [0.1, 0.15) is 0 Å². The molecule has 0 bridgehead atoms. The summed E-state index contributed by atoms with van der Waals surface area (Å²) in [7, 11) is 2.98. The Balaban J connectivity index is 2.15. The van der Waals surface area contributed by atoms with Crippen molar-refractivity contribution in [1.82, 2.24) is 5.32 Å². The normalized spacial score (nSPS) is 11.0. The molecule has 0 aliphatic heterocycles. The molecule has 0 atom stereocenters. The second-order valence-electron chi connectivity index (χ2n) is 6.46. The fourth-order valence-electron chi connectivity index (χ4n) is 3.10. The first-order valence-corrected chi connectivity index (χ1v) is 9.64. The summed E-state index contributed by atoms with van der Waals surface area (Å²) in [6.07, 6.45) is 0.929. The van der Waals surface area contributed by atoms with Crippen molar-refractivity contribution in [3.8, 4) is 22.6 Å². The highest BCUT2D eigenvalue weighted by Gasteiger charge is 2.19. The van der Waals surface area contributed by atoms with E-state index in [1.54, 1.807) is 54.6 Å². The highest BCUT2D eigenvalue weighted by atomic mass is 35.5. The first-order valence-electron chi connectivity index (χ1n) is 9.27. The molecule has 0 spiro atoms. The van der Waals surface area contributed by atoms with E-state index < -0.39 is 11.9 Å². The predicted octanol–water partition coefficient (Wildman–Crippen LogP) is 4.88. The Morgan fingerprint density at radius 1 is 0.903 bits per heavy atom. The Kier molecular flexibility index (Phi) is 6.95. The lowest BCUT2D eigenvalue weighted by Gasteiger charge is -2.18. The number of rotatable bonds is 7. The lowest BCUT2D eigenvalue weighted by molar-refractivity contribution is -0.131. The molecule has 0 fully saturated rings. The maximum absolute atomic E-state index is 12.7. The number of ether oxygens (including phenoxy) is 2. The quantitative estimate of drug-likeness (QED) is 0.514. The van der Waals surface area contributed by atoms with Crippen LogP contribution in [0.4, 0.5) is 0 Å². The van der Waals surface area contributed by atoms with Crippen LogP contribution in [-0.4, -0.2) is 31.2 Å². The van der Waals surface area contributed by atoms with Crippen LogP contribution in [0, 0.1) is 0 Å². The van der Waals surface area contributed by atoms with Crippen LogP contribution in [0.25, 0.3) is 16.8 Å². The SMILES string of the molecule is COc1cc(/C(=C/C(=O)O)NC(=O)c2ccccc2)cc(-c2ccccc2Cl)c1OC. The third-order valence-electron chi connectivity index (χ3n) is 4.51. The Morgan fingerprint density at radius 3 is 2.19 bits per heavy atom. The fraction of sp³-hybridized carbons (Fsp3) is 0.0833. The molecular weight excluding hydrogens is 418 g/mol. The highest BCUT2D eigenvalue weighted by Crippen LogP contribution is 2.42. The number of methoxy groups -OCH3 is 2. The van der Waals surface area contributed by atoms with Crippen LogP contribution < -0.4 is 14.8 Å². The second-order valence-corrected chi connectivity index (χ2v) is 6.86. The van der Waals surface area contributed by atoms with Gasteiger partial charge in [-0.25, -0.2) is 4.79 Å². The van der Waals surface area contributed by atoms with E-state index in [-0.39, 0.29) is 5.70 Å². The van der Waals surface area contributed by atoms with E-state index in [1.165, 1.54) is 14.2 Å². The number of carbonyl (C=O) groups is 2. The van der Waals surface area contributed by atoms with Crippen LogP contribution in [0.1, 0.15) is 15.9 Å². The summed E-state index contributed by atoms with van der Waals surface area (Å²) in [5.41, 5.74) is 2.17. The number of hydrogen-bond donors (Lipinski definition) is 2. The Bertz CT molecular complexity index is 1140. The number of benzene rings is 3. The lowest BCUT2D eigenvalue weighted by atomic mass is 9.99. The maximum atomic E-state index is 12.7. The van der Waals surface area contributed by atoms with Gasteiger partial charge in [-0.2, -0.15) is 0 Å². The number of carboxylic acid groups (broad SMARTS) is 1. The van der Waals surface area contributed by atoms with E-state index in [9.17, 15) is 14.7 Å². The largest absolute Gasteiger partial charge is 0.493 e. The van der Waals surface area contributed by atoms with E-state index in [0.29, 0.717) is 38.8 Å². The van der Waals surface area contributed by atoms with Gasteiger partial charge in [0.05, 0.1) is 19.9 Å². The van der Waals surface area contributed by atoms with Crippen LogP contribution in [0.15, 0.2) is 72.8 Å². The Morgan fingerprint density at radius 2 is 1.58 bits per heavy atom. The van der Waals surface area contributed by atoms with E-state index in [0.717, 1.165) is 6.08 Å². The van der Waals surface area contributed by atoms with Crippen LogP contribution in [0.2, 0.25) is 5.02 Å². The van der Waals surface area contributed by atoms with Gasteiger partial charge in [-0.05, 0) is 30.3 Å². The molecule has 3 aromatic rings. The molecule has 0 unspecified atom stereocenters. The third kappa shape index (κ3) is 5.05. The molecule has 1 amide bonds. The van der Waals surface area contributed by atoms with Gasteiger partial charge in [0.15, 0.2) is 11.5 Å². The van der Waals surface area contributed by atoms with E-state index in [1.807, 2.05) is 12.1 Å². The van der Waals surface area contributed by atoms with Gasteiger partial charge < -0.3 is 19.9 Å². The van der Waals surface area contributed by atoms with Crippen molar-refractivity contribution in [2.45, 2.75) is 0 Å². The summed E-state index contributed by atoms with van der Waals surface area (Å²) in [5, 5.41) is 12.5. The molecule has 158 valence electrons. The van der Waals surface area contributed by atoms with Gasteiger partial charge in [0, 0.05) is 33.4 Å². The lowest BCUT2D eigenvalue weighted by Crippen LogP contribution is -2.22. The average Bonchev–Trinajstić information content (AvgIpc) is 2.78. The third-order valence-corrected chi connectivity index (χ3v) is 4.84. The van der Waals surface area contributed by atoms with E-state index in [4.69, 9.17) is 21.1 Å². The topological polar surface area (TPSA) is 84.9 Å². The summed E-state index contributed by atoms with van der Waals surface area (Å²) in [6.45, 7) is 0. The van der Waals surface area contributed by atoms with Crippen LogP contribution in [0.5, 0.6) is 11.5 Å². The first-order chi connectivity index (χ1) is 14.9. The van der Waals surface area contributed by atoms with Crippen molar-refractivity contribution in [3.05, 3.63) is 89.0 Å². The zero-order valence-electron chi connectivity index (χ0n) is 16.9. The number of amides is 1. The predicted molar refractivity (Wildman–Crippen MR) is 120 cm³/mol. The van der Waals surface area contributed by atoms with Gasteiger partial charge >= 0.3 is 5.97 Å². The number of carbonyl (C=O) groups excluding carboxylic acids is 1. The molecule has 0 aliphatic carbocycles. The summed E-state index contributed by atoms with van der Waals surface area (Å²) in [4.78, 5) is 24.2. The molecule has 0 saturated heterocycles. The number of carboxylic acids is 1. The van der Waals surface area contributed by atoms with Crippen LogP contribution in [-0.2, 0) is 4.79 Å². The van der Waals surface area contributed by atoms with Gasteiger partial charge in [-0.15, -0.1) is 0 Å². The molecule has 3 rings (SSSR count). The summed E-state index contributed by atoms with van der Waals surface area (Å²) in [5.74, 6) is -0.858. The van der Waals surface area contributed by atoms with E-state index >= 15 is 0 Å². The Labute approximate surface area is 184 Å². The number of hydrogen-bond acceptors (Lipinski definition) is 4. The van der Waals surface area contributed by atoms with Crippen molar-refractivity contribution in [1.29, 1.82) is 0 Å². The fourth-order valence-corrected chi connectivity index (χ4v) is 3.34. The second kappa shape index (κ2) is 9.82. The Hall–Kier alpha value is -3.77. The summed E-state index contributed by atoms with van der Waals surface area (Å²) < 4.78 is 11.0. The summed E-state index contributed by atoms with van der Waals surface area (Å²) in [6, 6.07) is 19.0. The standard InChI is InChI=1S/C24H20ClNO5/c1-30-21-13-16(12-18(23(21)31-2)17-10-6-7-11-19(17)25)20(14-22(27)28)26-24(29)15-8-4-3-5-9-15/h3-14H,1-2H3,(H,26,29)(H,27,28)/b20-14-. The number of aliphatic carboxylic acids is 1. The minimum absolute atomic E-state index is 0.0932. The highest BCUT2D eigenvalue weighted by molar-refractivity contribution is 6.33. The van der Waals surface area contributed by atoms with Crippen LogP contribution >= 0.6 is 11.6 Å². The van der Waals surface area contributed by atoms with Crippen molar-refractivity contribution in [3.63, 3.8) is 0 Å². The minimum atomic E-state index is -1.21. The number of nitrogens with one attached hydrogen (secondary N) is 1. The molecular formula is C24H20ClNO5. The van der Waals surface area contributed by atoms with Gasteiger partial charge in [0.2, 0.25) is 0 Å². The molecule has 6 nitrogen and oxygen atoms in total. The zero-order chi connectivity index (χ0) is 22.4. The van der Waals surface area contributed by atoms with Crippen molar-refractivity contribution in [2.24, 2.45) is 0 Å². The van der Waals surface area contributed by atoms with Crippen molar-refractivity contribution < 1.29 is 24.2 Å². The molecule has 0 aromatic heterocycles. The minimum Gasteiger partial charge on any atom is -0.493 e. The molecule has 2 N–H and O–H groups in total. The van der Waals surface area contributed by atoms with Gasteiger partial charge in [0.25, 0.3) is 5.91 Å². The molecule has 0 heterocycles. The maximum Gasteiger partial charge on any atom is 0.330 e. The number of halogens is 1. The van der Waals surface area contributed by atoms with Crippen molar-refractivity contribution in [2.75, 3.05) is 14.2 Å². The summed E-state index contributed by atoms with van der Waals surface area (Å²) >= 11 is 6.39. The molecule has 0 saturated carbocycles. The van der Waals surface area contributed by atoms with Gasteiger partial charge in [-0.1, -0.05) is 48.0 Å². The first kappa shape index (κ1) is 21.9. The van der Waals surface area contributed by atoms with E-state index in [2.05, 4.69) is 5.32 Å². The van der Waals surface area contributed by atoms with Gasteiger partial charge in [-0.3, -0.25) is 4.79 Å². The molecule has 0 aliphatic rings. The molecule has 31 heavy (non-hydrogen) atoms.